The number of nitrogens with zero attached hydrogens (tertiary/aromatic N) is 3. The topological polar surface area (TPSA) is 79.8 Å². The van der Waals surface area contributed by atoms with Crippen LogP contribution in [0.3, 0.4) is 0 Å². The first-order valence-corrected chi connectivity index (χ1v) is 14.0. The van der Waals surface area contributed by atoms with Gasteiger partial charge in [-0.2, -0.15) is 4.31 Å². The highest BCUT2D eigenvalue weighted by molar-refractivity contribution is 7.89. The average Bonchev–Trinajstić information content (AvgIpc) is 3.57. The number of anilines is 1. The summed E-state index contributed by atoms with van der Waals surface area (Å²) < 4.78 is 35.1. The fourth-order valence-electron chi connectivity index (χ4n) is 4.69. The number of carbonyl (C=O) groups excluding carboxylic acids is 1. The van der Waals surface area contributed by atoms with E-state index in [4.69, 9.17) is 9.72 Å². The molecule has 0 saturated carbocycles. The number of hydrogen-bond acceptors (Lipinski definition) is 6. The molecule has 1 amide bonds. The van der Waals surface area contributed by atoms with Gasteiger partial charge in [-0.15, -0.1) is 0 Å². The molecule has 1 aromatic heterocycles. The number of aromatic nitrogens is 1. The van der Waals surface area contributed by atoms with Gasteiger partial charge in [-0.05, 0) is 69.4 Å². The van der Waals surface area contributed by atoms with Crippen LogP contribution in [-0.2, 0) is 19.6 Å². The van der Waals surface area contributed by atoms with Gasteiger partial charge in [0, 0.05) is 13.2 Å². The van der Waals surface area contributed by atoms with Crippen molar-refractivity contribution in [2.45, 2.75) is 56.6 Å². The van der Waals surface area contributed by atoms with E-state index in [1.807, 2.05) is 26.0 Å². The molecule has 0 unspecified atom stereocenters. The van der Waals surface area contributed by atoms with Crippen LogP contribution in [0.4, 0.5) is 5.13 Å². The van der Waals surface area contributed by atoms with Crippen LogP contribution in [0.5, 0.6) is 0 Å². The Balaban J connectivity index is 1.48. The van der Waals surface area contributed by atoms with E-state index in [0.29, 0.717) is 37.7 Å². The van der Waals surface area contributed by atoms with Crippen molar-refractivity contribution >= 4 is 42.6 Å². The lowest BCUT2D eigenvalue weighted by atomic mass is 10.2. The van der Waals surface area contributed by atoms with Crippen molar-refractivity contribution in [2.24, 2.45) is 0 Å². The molecule has 0 N–H and O–H groups in total. The zero-order chi connectivity index (χ0) is 23.9. The van der Waals surface area contributed by atoms with Gasteiger partial charge in [0.1, 0.15) is 6.04 Å². The van der Waals surface area contributed by atoms with Crippen molar-refractivity contribution in [2.75, 3.05) is 24.6 Å². The van der Waals surface area contributed by atoms with Gasteiger partial charge in [-0.25, -0.2) is 13.4 Å². The van der Waals surface area contributed by atoms with E-state index in [0.717, 1.165) is 34.2 Å². The van der Waals surface area contributed by atoms with Gasteiger partial charge in [-0.3, -0.25) is 9.69 Å². The molecule has 2 aromatic carbocycles. The molecule has 2 aliphatic heterocycles. The van der Waals surface area contributed by atoms with Gasteiger partial charge in [0.25, 0.3) is 0 Å². The Morgan fingerprint density at radius 2 is 1.88 bits per heavy atom. The highest BCUT2D eigenvalue weighted by Crippen LogP contribution is 2.34. The third-order valence-corrected chi connectivity index (χ3v) is 9.52. The Labute approximate surface area is 204 Å². The van der Waals surface area contributed by atoms with Crippen molar-refractivity contribution in [1.29, 1.82) is 0 Å². The largest absolute Gasteiger partial charge is 0.376 e. The van der Waals surface area contributed by atoms with Crippen LogP contribution in [-0.4, -0.2) is 55.5 Å². The summed E-state index contributed by atoms with van der Waals surface area (Å²) in [4.78, 5) is 20.6. The molecule has 7 nitrogen and oxygen atoms in total. The SMILES string of the molecule is Cc1ccc(S(=O)(=O)N2CCC[C@H]2C(=O)N(C[C@H]2CCCO2)c2nc3ccc(C)cc3s2)cc1. The maximum atomic E-state index is 14.0. The monoisotopic (exact) mass is 499 g/mol. The molecule has 2 atom stereocenters. The first-order valence-electron chi connectivity index (χ1n) is 11.7. The van der Waals surface area contributed by atoms with E-state index in [2.05, 4.69) is 6.07 Å². The zero-order valence-electron chi connectivity index (χ0n) is 19.4. The lowest BCUT2D eigenvalue weighted by molar-refractivity contribution is -0.122. The minimum absolute atomic E-state index is 0.0683. The highest BCUT2D eigenvalue weighted by Gasteiger charge is 2.42. The first kappa shape index (κ1) is 23.4. The summed E-state index contributed by atoms with van der Waals surface area (Å²) in [6.07, 6.45) is 2.92. The van der Waals surface area contributed by atoms with Crippen molar-refractivity contribution in [3.05, 3.63) is 53.6 Å². The number of ether oxygens (including phenoxy) is 1. The molecule has 2 saturated heterocycles. The van der Waals surface area contributed by atoms with Crippen LogP contribution in [0.15, 0.2) is 47.4 Å². The Kier molecular flexibility index (Phi) is 6.45. The van der Waals surface area contributed by atoms with Crippen LogP contribution in [0.1, 0.15) is 36.8 Å². The normalized spacial score (nSPS) is 21.4. The zero-order valence-corrected chi connectivity index (χ0v) is 21.1. The number of carbonyl (C=O) groups is 1. The maximum absolute atomic E-state index is 14.0. The lowest BCUT2D eigenvalue weighted by Crippen LogP contribution is -2.49. The quantitative estimate of drug-likeness (QED) is 0.506. The molecule has 3 aromatic rings. The van der Waals surface area contributed by atoms with Gasteiger partial charge < -0.3 is 4.74 Å². The standard InChI is InChI=1S/C25H29N3O4S2/c1-17-7-10-20(11-8-17)34(30,31)28-13-3-6-22(28)24(29)27(16-19-5-4-14-32-19)25-26-21-12-9-18(2)15-23(21)33-25/h7-12,15,19,22H,3-6,13-14,16H2,1-2H3/t19-,22+/m1/s1. The molecule has 0 aliphatic carbocycles. The smallest absolute Gasteiger partial charge is 0.247 e. The second kappa shape index (κ2) is 9.37. The van der Waals surface area contributed by atoms with Crippen LogP contribution < -0.4 is 4.90 Å². The third kappa shape index (κ3) is 4.49. The molecule has 0 radical (unpaired) electrons. The van der Waals surface area contributed by atoms with Gasteiger partial charge in [0.2, 0.25) is 15.9 Å². The molecular formula is C25H29N3O4S2. The Bertz CT molecular complexity index is 1300. The summed E-state index contributed by atoms with van der Waals surface area (Å²) in [5.41, 5.74) is 2.96. The third-order valence-electron chi connectivity index (χ3n) is 6.56. The Morgan fingerprint density at radius 3 is 2.62 bits per heavy atom. The minimum atomic E-state index is -3.79. The van der Waals surface area contributed by atoms with E-state index in [1.54, 1.807) is 29.2 Å². The summed E-state index contributed by atoms with van der Waals surface area (Å²) in [7, 11) is -3.79. The van der Waals surface area contributed by atoms with E-state index in [-0.39, 0.29) is 16.9 Å². The number of sulfonamides is 1. The molecule has 2 aliphatic rings. The van der Waals surface area contributed by atoms with E-state index in [9.17, 15) is 13.2 Å². The summed E-state index contributed by atoms with van der Waals surface area (Å²) in [6, 6.07) is 12.1. The molecule has 34 heavy (non-hydrogen) atoms. The van der Waals surface area contributed by atoms with Crippen LogP contribution in [0.25, 0.3) is 10.2 Å². The number of rotatable bonds is 6. The summed E-state index contributed by atoms with van der Waals surface area (Å²) >= 11 is 1.47. The van der Waals surface area contributed by atoms with Crippen LogP contribution >= 0.6 is 11.3 Å². The Hall–Kier alpha value is -2.33. The molecule has 180 valence electrons. The predicted octanol–water partition coefficient (Wildman–Crippen LogP) is 4.28. The predicted molar refractivity (Wildman–Crippen MR) is 134 cm³/mol. The number of benzene rings is 2. The summed E-state index contributed by atoms with van der Waals surface area (Å²) in [6.45, 7) is 5.34. The van der Waals surface area contributed by atoms with Gasteiger partial charge in [0.15, 0.2) is 5.13 Å². The van der Waals surface area contributed by atoms with Crippen molar-refractivity contribution in [3.63, 3.8) is 0 Å². The van der Waals surface area contributed by atoms with E-state index >= 15 is 0 Å². The fourth-order valence-corrected chi connectivity index (χ4v) is 7.42. The number of hydrogen-bond donors (Lipinski definition) is 0. The second-order valence-electron chi connectivity index (χ2n) is 9.14. The van der Waals surface area contributed by atoms with Crippen molar-refractivity contribution < 1.29 is 17.9 Å². The average molecular weight is 500 g/mol. The Morgan fingerprint density at radius 1 is 1.12 bits per heavy atom. The molecule has 5 rings (SSSR count). The van der Waals surface area contributed by atoms with E-state index < -0.39 is 16.1 Å². The first-order chi connectivity index (χ1) is 16.3. The molecule has 3 heterocycles. The van der Waals surface area contributed by atoms with Crippen molar-refractivity contribution in [3.8, 4) is 0 Å². The number of amides is 1. The molecule has 9 heteroatoms. The highest BCUT2D eigenvalue weighted by atomic mass is 32.2. The lowest BCUT2D eigenvalue weighted by Gasteiger charge is -2.29. The molecule has 2 fully saturated rings. The summed E-state index contributed by atoms with van der Waals surface area (Å²) in [5, 5.41) is 0.598. The number of fused-ring (bicyclic) bond motifs is 1. The van der Waals surface area contributed by atoms with E-state index in [1.165, 1.54) is 15.6 Å². The maximum Gasteiger partial charge on any atom is 0.247 e. The molecular weight excluding hydrogens is 470 g/mol. The van der Waals surface area contributed by atoms with Crippen LogP contribution in [0.2, 0.25) is 0 Å². The van der Waals surface area contributed by atoms with Gasteiger partial charge >= 0.3 is 0 Å². The second-order valence-corrected chi connectivity index (χ2v) is 12.0. The number of aryl methyl sites for hydroxylation is 2. The summed E-state index contributed by atoms with van der Waals surface area (Å²) in [5.74, 6) is -0.223. The fraction of sp³-hybridized carbons (Fsp3) is 0.440. The number of thiazole rings is 1. The van der Waals surface area contributed by atoms with Gasteiger partial charge in [-0.1, -0.05) is 35.1 Å². The minimum Gasteiger partial charge on any atom is -0.376 e. The molecule has 0 bridgehead atoms. The van der Waals surface area contributed by atoms with Crippen molar-refractivity contribution in [1.82, 2.24) is 9.29 Å². The van der Waals surface area contributed by atoms with Gasteiger partial charge in [0.05, 0.1) is 27.8 Å². The molecule has 0 spiro atoms. The van der Waals surface area contributed by atoms with Crippen LogP contribution in [0, 0.1) is 13.8 Å².